The molecule has 1 unspecified atom stereocenters. The number of hydrogen-bond acceptors (Lipinski definition) is 3. The minimum absolute atomic E-state index is 0.0191. The first-order valence-electron chi connectivity index (χ1n) is 6.13. The minimum Gasteiger partial charge on any atom is -0.463 e. The summed E-state index contributed by atoms with van der Waals surface area (Å²) in [6, 6.07) is -0.0191. The molecular formula is C12H20N2O2S. The zero-order valence-corrected chi connectivity index (χ0v) is 11.2. The van der Waals surface area contributed by atoms with E-state index in [-0.39, 0.29) is 12.0 Å². The van der Waals surface area contributed by atoms with Crippen LogP contribution in [0.25, 0.3) is 0 Å². The topological polar surface area (TPSA) is 50.4 Å². The molecule has 0 bridgehead atoms. The molecule has 0 aromatic carbocycles. The van der Waals surface area contributed by atoms with Crippen molar-refractivity contribution in [3.05, 3.63) is 11.8 Å². The van der Waals surface area contributed by atoms with E-state index in [1.165, 1.54) is 0 Å². The van der Waals surface area contributed by atoms with Crippen LogP contribution in [0, 0.1) is 0 Å². The molecule has 0 fully saturated rings. The molecule has 0 aliphatic carbocycles. The van der Waals surface area contributed by atoms with Crippen LogP contribution < -0.4 is 10.6 Å². The first kappa shape index (κ1) is 14.0. The third-order valence-corrected chi connectivity index (χ3v) is 2.88. The third-order valence-electron chi connectivity index (χ3n) is 2.65. The maximum absolute atomic E-state index is 11.7. The summed E-state index contributed by atoms with van der Waals surface area (Å²) in [4.78, 5) is 11.7. The van der Waals surface area contributed by atoms with Crippen molar-refractivity contribution >= 4 is 23.3 Å². The molecule has 5 heteroatoms. The molecule has 0 saturated heterocycles. The molecule has 1 heterocycles. The van der Waals surface area contributed by atoms with Crippen LogP contribution in [0.1, 0.15) is 39.5 Å². The maximum atomic E-state index is 11.7. The number of carbonyl (C=O) groups is 1. The van der Waals surface area contributed by atoms with Gasteiger partial charge >= 0.3 is 5.97 Å². The number of unbranched alkanes of at least 4 members (excludes halogenated alkanes) is 2. The molecule has 2 N–H and O–H groups in total. The Morgan fingerprint density at radius 2 is 2.24 bits per heavy atom. The third kappa shape index (κ3) is 4.34. The average molecular weight is 256 g/mol. The largest absolute Gasteiger partial charge is 0.463 e. The zero-order chi connectivity index (χ0) is 12.7. The van der Waals surface area contributed by atoms with Gasteiger partial charge in [-0.25, -0.2) is 4.79 Å². The molecule has 0 aromatic rings. The Morgan fingerprint density at radius 3 is 2.88 bits per heavy atom. The van der Waals surface area contributed by atoms with Gasteiger partial charge < -0.3 is 15.4 Å². The highest BCUT2D eigenvalue weighted by Crippen LogP contribution is 2.15. The van der Waals surface area contributed by atoms with E-state index in [2.05, 4.69) is 17.6 Å². The SMILES string of the molecule is CCCCCC1NC(=S)NC=C1C(=O)OCC. The highest BCUT2D eigenvalue weighted by atomic mass is 32.1. The zero-order valence-electron chi connectivity index (χ0n) is 10.4. The number of rotatable bonds is 6. The second-order valence-corrected chi connectivity index (χ2v) is 4.39. The summed E-state index contributed by atoms with van der Waals surface area (Å²) >= 11 is 5.05. The van der Waals surface area contributed by atoms with Crippen LogP contribution in [0.4, 0.5) is 0 Å². The summed E-state index contributed by atoms with van der Waals surface area (Å²) < 4.78 is 5.02. The standard InChI is InChI=1S/C12H20N2O2S/c1-3-5-6-7-10-9(11(15)16-4-2)8-13-12(17)14-10/h8,10H,3-7H2,1-2H3,(H2,13,14,17). The fourth-order valence-corrected chi connectivity index (χ4v) is 1.96. The van der Waals surface area contributed by atoms with Gasteiger partial charge in [-0.3, -0.25) is 0 Å². The number of ether oxygens (including phenoxy) is 1. The van der Waals surface area contributed by atoms with Gasteiger partial charge in [0.25, 0.3) is 0 Å². The van der Waals surface area contributed by atoms with Crippen LogP contribution >= 0.6 is 12.2 Å². The van der Waals surface area contributed by atoms with E-state index in [0.29, 0.717) is 17.3 Å². The summed E-state index contributed by atoms with van der Waals surface area (Å²) in [7, 11) is 0. The van der Waals surface area contributed by atoms with Gasteiger partial charge in [-0.05, 0) is 25.6 Å². The van der Waals surface area contributed by atoms with Gasteiger partial charge in [0.15, 0.2) is 5.11 Å². The Labute approximate surface area is 108 Å². The molecule has 1 aliphatic heterocycles. The van der Waals surface area contributed by atoms with E-state index in [1.54, 1.807) is 13.1 Å². The van der Waals surface area contributed by atoms with Crippen LogP contribution in [0.3, 0.4) is 0 Å². The lowest BCUT2D eigenvalue weighted by atomic mass is 10.0. The molecule has 1 rings (SSSR count). The van der Waals surface area contributed by atoms with Crippen molar-refractivity contribution < 1.29 is 9.53 Å². The number of esters is 1. The quantitative estimate of drug-likeness (QED) is 0.431. The molecule has 96 valence electrons. The van der Waals surface area contributed by atoms with Crippen LogP contribution in [0.2, 0.25) is 0 Å². The Morgan fingerprint density at radius 1 is 1.47 bits per heavy atom. The molecule has 1 atom stereocenters. The highest BCUT2D eigenvalue weighted by Gasteiger charge is 2.25. The van der Waals surface area contributed by atoms with E-state index < -0.39 is 0 Å². The van der Waals surface area contributed by atoms with Gasteiger partial charge in [0.2, 0.25) is 0 Å². The summed E-state index contributed by atoms with van der Waals surface area (Å²) in [5.74, 6) is -0.267. The van der Waals surface area contributed by atoms with Crippen LogP contribution in [-0.4, -0.2) is 23.7 Å². The summed E-state index contributed by atoms with van der Waals surface area (Å²) in [5.41, 5.74) is 0.636. The van der Waals surface area contributed by atoms with Gasteiger partial charge in [0.1, 0.15) is 0 Å². The molecule has 17 heavy (non-hydrogen) atoms. The normalized spacial score (nSPS) is 19.1. The van der Waals surface area contributed by atoms with Gasteiger partial charge in [0.05, 0.1) is 18.2 Å². The molecular weight excluding hydrogens is 236 g/mol. The predicted molar refractivity (Wildman–Crippen MR) is 71.5 cm³/mol. The fourth-order valence-electron chi connectivity index (χ4n) is 1.76. The molecule has 0 radical (unpaired) electrons. The summed E-state index contributed by atoms with van der Waals surface area (Å²) in [6.07, 6.45) is 5.96. The molecule has 0 amide bonds. The Bertz CT molecular complexity index is 316. The van der Waals surface area contributed by atoms with Crippen molar-refractivity contribution in [2.45, 2.75) is 45.6 Å². The molecule has 0 saturated carbocycles. The number of nitrogens with one attached hydrogen (secondary N) is 2. The van der Waals surface area contributed by atoms with Gasteiger partial charge in [-0.2, -0.15) is 0 Å². The lowest BCUT2D eigenvalue weighted by Crippen LogP contribution is -2.47. The van der Waals surface area contributed by atoms with Gasteiger partial charge in [-0.15, -0.1) is 0 Å². The molecule has 0 spiro atoms. The number of carbonyl (C=O) groups excluding carboxylic acids is 1. The van der Waals surface area contributed by atoms with E-state index in [9.17, 15) is 4.79 Å². The van der Waals surface area contributed by atoms with Crippen molar-refractivity contribution in [3.63, 3.8) is 0 Å². The molecule has 1 aliphatic rings. The van der Waals surface area contributed by atoms with Crippen LogP contribution in [0.5, 0.6) is 0 Å². The lowest BCUT2D eigenvalue weighted by Gasteiger charge is -2.26. The van der Waals surface area contributed by atoms with E-state index in [4.69, 9.17) is 17.0 Å². The number of hydrogen-bond donors (Lipinski definition) is 2. The highest BCUT2D eigenvalue weighted by molar-refractivity contribution is 7.80. The van der Waals surface area contributed by atoms with Crippen molar-refractivity contribution in [1.82, 2.24) is 10.6 Å². The Hall–Kier alpha value is -1.10. The maximum Gasteiger partial charge on any atom is 0.337 e. The monoisotopic (exact) mass is 256 g/mol. The van der Waals surface area contributed by atoms with Crippen molar-refractivity contribution in [2.24, 2.45) is 0 Å². The van der Waals surface area contributed by atoms with E-state index in [1.807, 2.05) is 0 Å². The first-order chi connectivity index (χ1) is 8.19. The smallest absolute Gasteiger partial charge is 0.337 e. The van der Waals surface area contributed by atoms with Gasteiger partial charge in [-0.1, -0.05) is 26.2 Å². The fraction of sp³-hybridized carbons (Fsp3) is 0.667. The van der Waals surface area contributed by atoms with Gasteiger partial charge in [0, 0.05) is 6.20 Å². The lowest BCUT2D eigenvalue weighted by molar-refractivity contribution is -0.138. The van der Waals surface area contributed by atoms with E-state index >= 15 is 0 Å². The second-order valence-electron chi connectivity index (χ2n) is 3.99. The molecule has 4 nitrogen and oxygen atoms in total. The summed E-state index contributed by atoms with van der Waals surface area (Å²) in [5, 5.41) is 6.53. The van der Waals surface area contributed by atoms with Crippen molar-refractivity contribution in [2.75, 3.05) is 6.61 Å². The minimum atomic E-state index is -0.267. The van der Waals surface area contributed by atoms with E-state index in [0.717, 1.165) is 25.7 Å². The van der Waals surface area contributed by atoms with Crippen LogP contribution in [0.15, 0.2) is 11.8 Å². The predicted octanol–water partition coefficient (Wildman–Crippen LogP) is 1.86. The summed E-state index contributed by atoms with van der Waals surface area (Å²) in [6.45, 7) is 4.35. The number of thiocarbonyl (C=S) groups is 1. The Balaban J connectivity index is 2.62. The van der Waals surface area contributed by atoms with Crippen LogP contribution in [-0.2, 0) is 9.53 Å². The average Bonchev–Trinajstić information content (AvgIpc) is 2.30. The second kappa shape index (κ2) is 7.27. The Kier molecular flexibility index (Phi) is 5.97. The first-order valence-corrected chi connectivity index (χ1v) is 6.54. The van der Waals surface area contributed by atoms with Crippen molar-refractivity contribution in [3.8, 4) is 0 Å². The molecule has 0 aromatic heterocycles. The van der Waals surface area contributed by atoms with Crippen molar-refractivity contribution in [1.29, 1.82) is 0 Å².